The Morgan fingerprint density at radius 1 is 0.952 bits per heavy atom. The van der Waals surface area contributed by atoms with Crippen LogP contribution in [-0.2, 0) is 6.54 Å². The van der Waals surface area contributed by atoms with Gasteiger partial charge in [-0.1, -0.05) is 30.2 Å². The summed E-state index contributed by atoms with van der Waals surface area (Å²) in [6.07, 6.45) is 6.02. The van der Waals surface area contributed by atoms with Gasteiger partial charge in [-0.15, -0.1) is 0 Å². The molecule has 3 atom stereocenters. The maximum absolute atomic E-state index is 5.96. The fraction of sp³-hybridized carbons (Fsp3) is 0.667. The summed E-state index contributed by atoms with van der Waals surface area (Å²) in [5.74, 6) is 2.09. The van der Waals surface area contributed by atoms with E-state index in [0.717, 1.165) is 29.4 Å². The normalized spacial score (nSPS) is 33.7. The van der Waals surface area contributed by atoms with Crippen LogP contribution in [0.5, 0.6) is 0 Å². The fourth-order valence-corrected chi connectivity index (χ4v) is 4.89. The van der Waals surface area contributed by atoms with Crippen molar-refractivity contribution in [3.8, 4) is 0 Å². The van der Waals surface area contributed by atoms with Crippen molar-refractivity contribution in [2.45, 2.75) is 38.3 Å². The highest BCUT2D eigenvalue weighted by molar-refractivity contribution is 6.30. The van der Waals surface area contributed by atoms with Crippen molar-refractivity contribution in [2.75, 3.05) is 26.2 Å². The molecule has 0 amide bonds. The number of hydrogen-bond donors (Lipinski definition) is 0. The van der Waals surface area contributed by atoms with Crippen LogP contribution in [0, 0.1) is 11.8 Å². The lowest BCUT2D eigenvalue weighted by atomic mass is 9.93. The molecule has 4 rings (SSSR count). The summed E-state index contributed by atoms with van der Waals surface area (Å²) in [7, 11) is 0. The number of rotatable bonds is 3. The van der Waals surface area contributed by atoms with Crippen molar-refractivity contribution >= 4 is 11.6 Å². The average molecular weight is 305 g/mol. The van der Waals surface area contributed by atoms with Crippen LogP contribution in [-0.4, -0.2) is 42.0 Å². The van der Waals surface area contributed by atoms with Gasteiger partial charge in [0.25, 0.3) is 0 Å². The summed E-state index contributed by atoms with van der Waals surface area (Å²) in [6.45, 7) is 6.04. The first-order valence-corrected chi connectivity index (χ1v) is 8.86. The lowest BCUT2D eigenvalue weighted by molar-refractivity contribution is 0.0680. The SMILES string of the molecule is Clc1ccc(CN2CCN([C@@H]3C[C@@H]4CC[C@H]3C4)CC2)cc1. The van der Waals surface area contributed by atoms with Gasteiger partial charge in [-0.3, -0.25) is 9.80 Å². The first-order valence-electron chi connectivity index (χ1n) is 8.49. The molecule has 3 fully saturated rings. The van der Waals surface area contributed by atoms with Crippen LogP contribution in [0.15, 0.2) is 24.3 Å². The number of benzene rings is 1. The molecule has 0 aromatic heterocycles. The molecule has 1 aromatic rings. The fourth-order valence-electron chi connectivity index (χ4n) is 4.76. The highest BCUT2D eigenvalue weighted by Gasteiger charge is 2.42. The van der Waals surface area contributed by atoms with Gasteiger partial charge in [0.2, 0.25) is 0 Å². The van der Waals surface area contributed by atoms with Crippen molar-refractivity contribution in [3.63, 3.8) is 0 Å². The number of halogens is 1. The van der Waals surface area contributed by atoms with Gasteiger partial charge in [0, 0.05) is 43.8 Å². The topological polar surface area (TPSA) is 6.48 Å². The van der Waals surface area contributed by atoms with E-state index in [-0.39, 0.29) is 0 Å². The summed E-state index contributed by atoms with van der Waals surface area (Å²) in [4.78, 5) is 5.38. The van der Waals surface area contributed by atoms with Gasteiger partial charge >= 0.3 is 0 Å². The van der Waals surface area contributed by atoms with Gasteiger partial charge in [-0.05, 0) is 48.8 Å². The molecule has 3 heteroatoms. The highest BCUT2D eigenvalue weighted by atomic mass is 35.5. The lowest BCUT2D eigenvalue weighted by Gasteiger charge is -2.41. The van der Waals surface area contributed by atoms with E-state index in [1.807, 2.05) is 12.1 Å². The average Bonchev–Trinajstić information content (AvgIpc) is 3.13. The Kier molecular flexibility index (Phi) is 3.95. The van der Waals surface area contributed by atoms with E-state index < -0.39 is 0 Å². The van der Waals surface area contributed by atoms with Gasteiger partial charge in [-0.25, -0.2) is 0 Å². The van der Waals surface area contributed by atoms with Crippen LogP contribution in [0.2, 0.25) is 5.02 Å². The molecule has 1 aliphatic heterocycles. The zero-order valence-corrected chi connectivity index (χ0v) is 13.4. The molecule has 1 heterocycles. The minimum atomic E-state index is 0.833. The summed E-state index contributed by atoms with van der Waals surface area (Å²) in [5.41, 5.74) is 1.38. The maximum atomic E-state index is 5.96. The standard InChI is InChI=1S/C18H25ClN2/c19-17-5-2-14(3-6-17)13-20-7-9-21(10-8-20)18-12-15-1-4-16(18)11-15/h2-3,5-6,15-16,18H,1,4,7-13H2/t15-,16+,18-/m1/s1. The van der Waals surface area contributed by atoms with Crippen molar-refractivity contribution in [1.82, 2.24) is 9.80 Å². The number of fused-ring (bicyclic) bond motifs is 2. The van der Waals surface area contributed by atoms with Crippen LogP contribution in [0.25, 0.3) is 0 Å². The molecule has 0 N–H and O–H groups in total. The molecular weight excluding hydrogens is 280 g/mol. The smallest absolute Gasteiger partial charge is 0.0406 e. The molecule has 1 saturated heterocycles. The molecule has 2 saturated carbocycles. The van der Waals surface area contributed by atoms with Crippen molar-refractivity contribution in [2.24, 2.45) is 11.8 Å². The first kappa shape index (κ1) is 14.0. The monoisotopic (exact) mass is 304 g/mol. The van der Waals surface area contributed by atoms with Gasteiger partial charge in [0.15, 0.2) is 0 Å². The summed E-state index contributed by atoms with van der Waals surface area (Å²) < 4.78 is 0. The summed E-state index contributed by atoms with van der Waals surface area (Å²) in [5, 5.41) is 0.833. The molecule has 0 unspecified atom stereocenters. The minimum Gasteiger partial charge on any atom is -0.298 e. The summed E-state index contributed by atoms with van der Waals surface area (Å²) >= 11 is 5.96. The van der Waals surface area contributed by atoms with Gasteiger partial charge in [0.05, 0.1) is 0 Å². The first-order chi connectivity index (χ1) is 10.3. The molecule has 0 spiro atoms. The van der Waals surface area contributed by atoms with E-state index in [0.29, 0.717) is 0 Å². The predicted molar refractivity (Wildman–Crippen MR) is 87.5 cm³/mol. The van der Waals surface area contributed by atoms with Crippen LogP contribution >= 0.6 is 11.6 Å². The molecule has 3 aliphatic rings. The van der Waals surface area contributed by atoms with Crippen LogP contribution < -0.4 is 0 Å². The molecule has 0 radical (unpaired) electrons. The number of nitrogens with zero attached hydrogens (tertiary/aromatic N) is 2. The van der Waals surface area contributed by atoms with Crippen molar-refractivity contribution in [3.05, 3.63) is 34.9 Å². The molecule has 1 aromatic carbocycles. The zero-order chi connectivity index (χ0) is 14.2. The molecule has 2 aliphatic carbocycles. The molecule has 2 bridgehead atoms. The zero-order valence-electron chi connectivity index (χ0n) is 12.7. The Labute approximate surface area is 133 Å². The van der Waals surface area contributed by atoms with E-state index >= 15 is 0 Å². The Morgan fingerprint density at radius 3 is 2.33 bits per heavy atom. The quantitative estimate of drug-likeness (QED) is 0.841. The second-order valence-electron chi connectivity index (χ2n) is 7.18. The Hall–Kier alpha value is -0.570. The van der Waals surface area contributed by atoms with E-state index in [4.69, 9.17) is 11.6 Å². The number of hydrogen-bond acceptors (Lipinski definition) is 2. The molecule has 21 heavy (non-hydrogen) atoms. The Balaban J connectivity index is 1.29. The van der Waals surface area contributed by atoms with Crippen LogP contribution in [0.4, 0.5) is 0 Å². The summed E-state index contributed by atoms with van der Waals surface area (Å²) in [6, 6.07) is 9.24. The van der Waals surface area contributed by atoms with Gasteiger partial charge < -0.3 is 0 Å². The third-order valence-electron chi connectivity index (χ3n) is 5.90. The van der Waals surface area contributed by atoms with Crippen molar-refractivity contribution < 1.29 is 0 Å². The van der Waals surface area contributed by atoms with Crippen LogP contribution in [0.1, 0.15) is 31.2 Å². The third-order valence-corrected chi connectivity index (χ3v) is 6.15. The second-order valence-corrected chi connectivity index (χ2v) is 7.62. The van der Waals surface area contributed by atoms with Gasteiger partial charge in [0.1, 0.15) is 0 Å². The van der Waals surface area contributed by atoms with E-state index in [2.05, 4.69) is 21.9 Å². The third kappa shape index (κ3) is 2.99. The Morgan fingerprint density at radius 2 is 1.71 bits per heavy atom. The van der Waals surface area contributed by atoms with Crippen LogP contribution in [0.3, 0.4) is 0 Å². The van der Waals surface area contributed by atoms with Gasteiger partial charge in [-0.2, -0.15) is 0 Å². The molecular formula is C18H25ClN2. The Bertz CT molecular complexity index is 478. The molecule has 114 valence electrons. The van der Waals surface area contributed by atoms with E-state index in [1.54, 1.807) is 0 Å². The maximum Gasteiger partial charge on any atom is 0.0406 e. The van der Waals surface area contributed by atoms with Crippen molar-refractivity contribution in [1.29, 1.82) is 0 Å². The number of piperazine rings is 1. The largest absolute Gasteiger partial charge is 0.298 e. The second kappa shape index (κ2) is 5.91. The molecule has 2 nitrogen and oxygen atoms in total. The van der Waals surface area contributed by atoms with E-state index in [9.17, 15) is 0 Å². The highest BCUT2D eigenvalue weighted by Crippen LogP contribution is 2.46. The lowest BCUT2D eigenvalue weighted by Crippen LogP contribution is -2.51. The predicted octanol–water partition coefficient (Wildman–Crippen LogP) is 3.65. The van der Waals surface area contributed by atoms with E-state index in [1.165, 1.54) is 57.4 Å². The minimum absolute atomic E-state index is 0.833.